The van der Waals surface area contributed by atoms with Crippen molar-refractivity contribution in [1.29, 1.82) is 0 Å². The molecule has 0 radical (unpaired) electrons. The molecule has 1 aliphatic rings. The minimum Gasteiger partial charge on any atom is -0.362 e. The van der Waals surface area contributed by atoms with E-state index in [4.69, 9.17) is 5.73 Å². The molecule has 1 aromatic rings. The fraction of sp³-hybridized carbons (Fsp3) is 0.538. The minimum absolute atomic E-state index is 0.158. The summed E-state index contributed by atoms with van der Waals surface area (Å²) in [6, 6.07) is 1.35. The Labute approximate surface area is 115 Å². The van der Waals surface area contributed by atoms with Crippen molar-refractivity contribution in [2.45, 2.75) is 25.8 Å². The van der Waals surface area contributed by atoms with Crippen molar-refractivity contribution in [2.75, 3.05) is 18.0 Å². The van der Waals surface area contributed by atoms with Gasteiger partial charge in [-0.05, 0) is 18.8 Å². The predicted octanol–water partition coefficient (Wildman–Crippen LogP) is 2.44. The van der Waals surface area contributed by atoms with Crippen LogP contribution < -0.4 is 10.6 Å². The average molecular weight is 285 g/mol. The largest absolute Gasteiger partial charge is 0.362 e. The summed E-state index contributed by atoms with van der Waals surface area (Å²) in [6.45, 7) is 2.78. The molecule has 1 saturated heterocycles. The van der Waals surface area contributed by atoms with E-state index in [2.05, 4.69) is 0 Å². The number of rotatable bonds is 3. The highest BCUT2D eigenvalue weighted by Crippen LogP contribution is 2.34. The summed E-state index contributed by atoms with van der Waals surface area (Å²) in [5.41, 5.74) is 4.91. The maximum absolute atomic E-state index is 14.1. The van der Waals surface area contributed by atoms with Crippen molar-refractivity contribution in [2.24, 2.45) is 11.7 Å². The third-order valence-corrected chi connectivity index (χ3v) is 3.86. The van der Waals surface area contributed by atoms with Gasteiger partial charge in [0, 0.05) is 19.1 Å². The number of hydrogen-bond acceptors (Lipinski definition) is 4. The Morgan fingerprint density at radius 3 is 2.55 bits per heavy atom. The first-order valence-corrected chi connectivity index (χ1v) is 6.55. The number of non-ortho nitro benzene ring substituents is 1. The molecule has 1 heterocycles. The lowest BCUT2D eigenvalue weighted by Gasteiger charge is -2.41. The van der Waals surface area contributed by atoms with Gasteiger partial charge in [-0.3, -0.25) is 10.1 Å². The van der Waals surface area contributed by atoms with Gasteiger partial charge in [0.25, 0.3) is 5.69 Å². The number of hydrogen-bond donors (Lipinski definition) is 1. The van der Waals surface area contributed by atoms with Crippen LogP contribution in [0.25, 0.3) is 0 Å². The Morgan fingerprint density at radius 1 is 1.45 bits per heavy atom. The van der Waals surface area contributed by atoms with Crippen molar-refractivity contribution in [3.8, 4) is 0 Å². The molecule has 110 valence electrons. The number of nitro benzene ring substituents is 1. The summed E-state index contributed by atoms with van der Waals surface area (Å²) in [5.74, 6) is -1.60. The first-order chi connectivity index (χ1) is 9.45. The van der Waals surface area contributed by atoms with E-state index in [-0.39, 0.29) is 24.2 Å². The quantitative estimate of drug-likeness (QED) is 0.684. The number of halogens is 2. The topological polar surface area (TPSA) is 72.4 Å². The zero-order chi connectivity index (χ0) is 14.9. The highest BCUT2D eigenvalue weighted by Gasteiger charge is 2.32. The average Bonchev–Trinajstić information content (AvgIpc) is 2.38. The number of nitro groups is 1. The highest BCUT2D eigenvalue weighted by atomic mass is 19.1. The Hall–Kier alpha value is -1.76. The van der Waals surface area contributed by atoms with Crippen molar-refractivity contribution < 1.29 is 13.7 Å². The molecule has 1 fully saturated rings. The van der Waals surface area contributed by atoms with E-state index < -0.39 is 22.2 Å². The Bertz CT molecular complexity index is 501. The van der Waals surface area contributed by atoms with Gasteiger partial charge < -0.3 is 10.6 Å². The third-order valence-electron chi connectivity index (χ3n) is 3.86. The van der Waals surface area contributed by atoms with Crippen molar-refractivity contribution >= 4 is 11.4 Å². The molecule has 2 rings (SSSR count). The van der Waals surface area contributed by atoms with Gasteiger partial charge in [-0.15, -0.1) is 0 Å². The van der Waals surface area contributed by atoms with E-state index in [9.17, 15) is 18.9 Å². The summed E-state index contributed by atoms with van der Waals surface area (Å²) < 4.78 is 28.1. The van der Waals surface area contributed by atoms with Gasteiger partial charge in [0.15, 0.2) is 11.6 Å². The first-order valence-electron chi connectivity index (χ1n) is 6.55. The van der Waals surface area contributed by atoms with Crippen LogP contribution in [-0.4, -0.2) is 24.1 Å². The van der Waals surface area contributed by atoms with Crippen LogP contribution >= 0.6 is 0 Å². The van der Waals surface area contributed by atoms with Gasteiger partial charge in [-0.2, -0.15) is 0 Å². The fourth-order valence-corrected chi connectivity index (χ4v) is 2.82. The van der Waals surface area contributed by atoms with Crippen LogP contribution in [-0.2, 0) is 0 Å². The van der Waals surface area contributed by atoms with Crippen molar-refractivity contribution in [3.05, 3.63) is 33.9 Å². The molecule has 0 saturated carbocycles. The Kier molecular flexibility index (Phi) is 4.17. The normalized spacial score (nSPS) is 22.9. The predicted molar refractivity (Wildman–Crippen MR) is 71.6 cm³/mol. The number of nitrogens with two attached hydrogens (primary N) is 1. The van der Waals surface area contributed by atoms with Crippen molar-refractivity contribution in [1.82, 2.24) is 0 Å². The molecule has 2 unspecified atom stereocenters. The fourth-order valence-electron chi connectivity index (χ4n) is 2.82. The van der Waals surface area contributed by atoms with E-state index >= 15 is 0 Å². The standard InChI is InChI=1S/C13H17F2N3O2/c1-8-3-2-4-17(12(8)7-16)13-10(14)5-9(18(19)20)6-11(13)15/h5-6,8,12H,2-4,7,16H2,1H3. The molecule has 20 heavy (non-hydrogen) atoms. The van der Waals surface area contributed by atoms with Gasteiger partial charge in [-0.25, -0.2) is 8.78 Å². The van der Waals surface area contributed by atoms with Crippen LogP contribution in [0.3, 0.4) is 0 Å². The minimum atomic E-state index is -0.913. The lowest BCUT2D eigenvalue weighted by atomic mass is 9.90. The Balaban J connectivity index is 2.43. The first kappa shape index (κ1) is 14.6. The van der Waals surface area contributed by atoms with Gasteiger partial charge in [0.05, 0.1) is 17.1 Å². The second-order valence-corrected chi connectivity index (χ2v) is 5.13. The molecule has 0 amide bonds. The number of nitrogens with zero attached hydrogens (tertiary/aromatic N) is 2. The monoisotopic (exact) mass is 285 g/mol. The van der Waals surface area contributed by atoms with E-state index in [1.807, 2.05) is 6.92 Å². The van der Waals surface area contributed by atoms with Gasteiger partial charge in [-0.1, -0.05) is 6.92 Å². The van der Waals surface area contributed by atoms with Crippen LogP contribution in [0.15, 0.2) is 12.1 Å². The van der Waals surface area contributed by atoms with E-state index in [0.717, 1.165) is 25.0 Å². The molecule has 0 spiro atoms. The van der Waals surface area contributed by atoms with Crippen molar-refractivity contribution in [3.63, 3.8) is 0 Å². The number of piperidine rings is 1. The van der Waals surface area contributed by atoms with E-state index in [0.29, 0.717) is 6.54 Å². The molecular weight excluding hydrogens is 268 g/mol. The maximum atomic E-state index is 14.1. The van der Waals surface area contributed by atoms with Gasteiger partial charge >= 0.3 is 0 Å². The number of anilines is 1. The molecule has 2 N–H and O–H groups in total. The van der Waals surface area contributed by atoms with E-state index in [1.54, 1.807) is 4.90 Å². The van der Waals surface area contributed by atoms with Crippen LogP contribution in [0.1, 0.15) is 19.8 Å². The molecule has 1 aliphatic heterocycles. The summed E-state index contributed by atoms with van der Waals surface area (Å²) in [4.78, 5) is 11.4. The summed E-state index contributed by atoms with van der Waals surface area (Å²) in [7, 11) is 0. The van der Waals surface area contributed by atoms with Gasteiger partial charge in [0.1, 0.15) is 5.69 Å². The number of benzene rings is 1. The molecule has 7 heteroatoms. The lowest BCUT2D eigenvalue weighted by Crippen LogP contribution is -2.49. The molecule has 0 aliphatic carbocycles. The summed E-state index contributed by atoms with van der Waals surface area (Å²) >= 11 is 0. The third kappa shape index (κ3) is 2.58. The second-order valence-electron chi connectivity index (χ2n) is 5.13. The van der Waals surface area contributed by atoms with E-state index in [1.165, 1.54) is 0 Å². The van der Waals surface area contributed by atoms with Crippen LogP contribution in [0, 0.1) is 27.7 Å². The maximum Gasteiger partial charge on any atom is 0.275 e. The van der Waals surface area contributed by atoms with Crippen LogP contribution in [0.5, 0.6) is 0 Å². The molecule has 5 nitrogen and oxygen atoms in total. The lowest BCUT2D eigenvalue weighted by molar-refractivity contribution is -0.385. The Morgan fingerprint density at radius 2 is 2.05 bits per heavy atom. The molecule has 1 aromatic carbocycles. The van der Waals surface area contributed by atoms with Gasteiger partial charge in [0.2, 0.25) is 0 Å². The van der Waals surface area contributed by atoms with Crippen LogP contribution in [0.2, 0.25) is 0 Å². The second kappa shape index (κ2) is 5.70. The molecular formula is C13H17F2N3O2. The smallest absolute Gasteiger partial charge is 0.275 e. The SMILES string of the molecule is CC1CCCN(c2c(F)cc([N+](=O)[O-])cc2F)C1CN. The summed E-state index contributed by atoms with van der Waals surface area (Å²) in [5, 5.41) is 10.6. The zero-order valence-corrected chi connectivity index (χ0v) is 11.2. The summed E-state index contributed by atoms with van der Waals surface area (Å²) in [6.07, 6.45) is 1.77. The molecule has 0 aromatic heterocycles. The highest BCUT2D eigenvalue weighted by molar-refractivity contribution is 5.55. The van der Waals surface area contributed by atoms with Crippen LogP contribution in [0.4, 0.5) is 20.2 Å². The molecule has 0 bridgehead atoms. The molecule has 2 atom stereocenters. The zero-order valence-electron chi connectivity index (χ0n) is 11.2.